The number of carboxylic acids is 1. The number of fused-ring (bicyclic) bond motifs is 1. The first kappa shape index (κ1) is 12.5. The Morgan fingerprint density at radius 2 is 2.28 bits per heavy atom. The molecule has 0 fully saturated rings. The number of aromatic nitrogens is 3. The Balaban J connectivity index is 2.66. The van der Waals surface area contributed by atoms with Gasteiger partial charge in [-0.1, -0.05) is 13.3 Å². The number of hydrogen-bond donors (Lipinski definition) is 3. The number of aryl methyl sites for hydroxylation is 1. The van der Waals surface area contributed by atoms with E-state index in [2.05, 4.69) is 22.3 Å². The van der Waals surface area contributed by atoms with Crippen LogP contribution < -0.4 is 5.73 Å². The van der Waals surface area contributed by atoms with Crippen LogP contribution in [0.2, 0.25) is 0 Å². The van der Waals surface area contributed by atoms with Gasteiger partial charge in [-0.3, -0.25) is 0 Å². The van der Waals surface area contributed by atoms with Crippen molar-refractivity contribution < 1.29 is 9.90 Å². The Morgan fingerprint density at radius 3 is 2.89 bits per heavy atom. The van der Waals surface area contributed by atoms with E-state index in [1.54, 1.807) is 6.07 Å². The molecule has 1 aromatic carbocycles. The summed E-state index contributed by atoms with van der Waals surface area (Å²) in [5.74, 6) is -0.952. The lowest BCUT2D eigenvalue weighted by molar-refractivity contribution is 0.0694. The molecule has 2 rings (SSSR count). The molecule has 4 N–H and O–H groups in total. The van der Waals surface area contributed by atoms with E-state index < -0.39 is 5.97 Å². The molecule has 0 atom stereocenters. The van der Waals surface area contributed by atoms with Crippen LogP contribution in [0.25, 0.3) is 11.0 Å². The van der Waals surface area contributed by atoms with Gasteiger partial charge in [0.25, 0.3) is 0 Å². The molecule has 2 aromatic rings. The number of nitrogens with two attached hydrogens (primary N) is 1. The molecule has 0 radical (unpaired) electrons. The van der Waals surface area contributed by atoms with Crippen molar-refractivity contribution in [2.45, 2.75) is 32.7 Å². The predicted octanol–water partition coefficient (Wildman–Crippen LogP) is 1.46. The number of unbranched alkanes of at least 4 members (excludes halogenated alkanes) is 1. The summed E-state index contributed by atoms with van der Waals surface area (Å²) in [6.07, 6.45) is 2.66. The molecular formula is C12H16N4O2. The van der Waals surface area contributed by atoms with Crippen LogP contribution in [0.3, 0.4) is 0 Å². The van der Waals surface area contributed by atoms with E-state index in [1.807, 2.05) is 0 Å². The minimum atomic E-state index is -0.952. The minimum Gasteiger partial charge on any atom is -0.478 e. The highest BCUT2D eigenvalue weighted by molar-refractivity contribution is 5.97. The van der Waals surface area contributed by atoms with Gasteiger partial charge >= 0.3 is 5.97 Å². The van der Waals surface area contributed by atoms with Gasteiger partial charge in [0.2, 0.25) is 0 Å². The number of H-pyrrole nitrogens is 1. The Kier molecular flexibility index (Phi) is 3.57. The van der Waals surface area contributed by atoms with Gasteiger partial charge in [0.15, 0.2) is 0 Å². The summed E-state index contributed by atoms with van der Waals surface area (Å²) >= 11 is 0. The van der Waals surface area contributed by atoms with Gasteiger partial charge in [-0.2, -0.15) is 15.4 Å². The van der Waals surface area contributed by atoms with Crippen molar-refractivity contribution in [3.8, 4) is 0 Å². The summed E-state index contributed by atoms with van der Waals surface area (Å²) in [5, 5.41) is 19.9. The van der Waals surface area contributed by atoms with Crippen molar-refractivity contribution in [3.05, 3.63) is 22.8 Å². The van der Waals surface area contributed by atoms with Crippen LogP contribution in [-0.4, -0.2) is 26.5 Å². The number of carboxylic acid groups (broad SMARTS) is 1. The first-order chi connectivity index (χ1) is 8.69. The largest absolute Gasteiger partial charge is 0.478 e. The Morgan fingerprint density at radius 1 is 1.50 bits per heavy atom. The molecule has 0 spiro atoms. The summed E-state index contributed by atoms with van der Waals surface area (Å²) in [6.45, 7) is 2.21. The van der Waals surface area contributed by atoms with Crippen LogP contribution >= 0.6 is 0 Å². The average molecular weight is 248 g/mol. The molecule has 0 aliphatic carbocycles. The van der Waals surface area contributed by atoms with Gasteiger partial charge in [0, 0.05) is 12.1 Å². The molecule has 18 heavy (non-hydrogen) atoms. The second kappa shape index (κ2) is 5.14. The van der Waals surface area contributed by atoms with E-state index in [9.17, 15) is 9.90 Å². The summed E-state index contributed by atoms with van der Waals surface area (Å²) in [4.78, 5) is 11.4. The van der Waals surface area contributed by atoms with Crippen molar-refractivity contribution >= 4 is 17.0 Å². The maximum atomic E-state index is 11.4. The van der Waals surface area contributed by atoms with Crippen LogP contribution in [0, 0.1) is 0 Å². The van der Waals surface area contributed by atoms with E-state index in [-0.39, 0.29) is 12.1 Å². The Bertz CT molecular complexity index is 577. The standard InChI is InChI=1S/C12H16N4O2/c1-2-3-4-7-5-9-11(15-16-14-9)8(6-13)10(7)12(17)18/h5H,2-4,6,13H2,1H3,(H,17,18)(H,14,15,16). The van der Waals surface area contributed by atoms with Crippen molar-refractivity contribution in [2.75, 3.05) is 0 Å². The maximum absolute atomic E-state index is 11.4. The Hall–Kier alpha value is -1.95. The highest BCUT2D eigenvalue weighted by Crippen LogP contribution is 2.24. The molecule has 1 heterocycles. The van der Waals surface area contributed by atoms with Gasteiger partial charge in [0.1, 0.15) is 11.0 Å². The quantitative estimate of drug-likeness (QED) is 0.742. The van der Waals surface area contributed by atoms with Crippen LogP contribution in [0.15, 0.2) is 6.07 Å². The molecule has 0 aliphatic heterocycles. The van der Waals surface area contributed by atoms with Crippen LogP contribution in [0.5, 0.6) is 0 Å². The predicted molar refractivity (Wildman–Crippen MR) is 67.4 cm³/mol. The van der Waals surface area contributed by atoms with Gasteiger partial charge < -0.3 is 10.8 Å². The van der Waals surface area contributed by atoms with Crippen LogP contribution in [0.1, 0.15) is 41.3 Å². The number of nitrogens with one attached hydrogen (secondary N) is 1. The number of hydrogen-bond acceptors (Lipinski definition) is 4. The fraction of sp³-hybridized carbons (Fsp3) is 0.417. The van der Waals surface area contributed by atoms with Crippen molar-refractivity contribution in [1.82, 2.24) is 15.4 Å². The van der Waals surface area contributed by atoms with E-state index in [0.29, 0.717) is 23.0 Å². The smallest absolute Gasteiger partial charge is 0.336 e. The average Bonchev–Trinajstić information content (AvgIpc) is 2.81. The molecule has 0 aliphatic rings. The highest BCUT2D eigenvalue weighted by atomic mass is 16.4. The number of rotatable bonds is 5. The maximum Gasteiger partial charge on any atom is 0.336 e. The zero-order valence-electron chi connectivity index (χ0n) is 10.2. The van der Waals surface area contributed by atoms with Gasteiger partial charge in [0.05, 0.1) is 5.56 Å². The van der Waals surface area contributed by atoms with E-state index >= 15 is 0 Å². The van der Waals surface area contributed by atoms with E-state index in [1.165, 1.54) is 0 Å². The highest BCUT2D eigenvalue weighted by Gasteiger charge is 2.19. The zero-order valence-corrected chi connectivity index (χ0v) is 10.2. The SMILES string of the molecule is CCCCc1cc2n[nH]nc2c(CN)c1C(=O)O. The second-order valence-electron chi connectivity index (χ2n) is 4.19. The monoisotopic (exact) mass is 248 g/mol. The first-order valence-electron chi connectivity index (χ1n) is 5.97. The third kappa shape index (κ3) is 2.06. The third-order valence-electron chi connectivity index (χ3n) is 3.01. The van der Waals surface area contributed by atoms with Gasteiger partial charge in [-0.25, -0.2) is 4.79 Å². The van der Waals surface area contributed by atoms with Crippen molar-refractivity contribution in [1.29, 1.82) is 0 Å². The van der Waals surface area contributed by atoms with E-state index in [4.69, 9.17) is 5.73 Å². The van der Waals surface area contributed by atoms with Gasteiger partial charge in [-0.05, 0) is 24.5 Å². The fourth-order valence-electron chi connectivity index (χ4n) is 2.14. The number of benzene rings is 1. The molecule has 0 amide bonds. The zero-order chi connectivity index (χ0) is 13.1. The van der Waals surface area contributed by atoms with Gasteiger partial charge in [-0.15, -0.1) is 0 Å². The lowest BCUT2D eigenvalue weighted by Gasteiger charge is -2.10. The van der Waals surface area contributed by atoms with Crippen molar-refractivity contribution in [3.63, 3.8) is 0 Å². The molecule has 1 aromatic heterocycles. The number of aromatic carboxylic acids is 1. The second-order valence-corrected chi connectivity index (χ2v) is 4.19. The molecule has 0 saturated carbocycles. The lowest BCUT2D eigenvalue weighted by Crippen LogP contribution is -2.11. The van der Waals surface area contributed by atoms with E-state index in [0.717, 1.165) is 18.4 Å². The molecule has 96 valence electrons. The molecule has 0 unspecified atom stereocenters. The molecule has 6 heteroatoms. The first-order valence-corrected chi connectivity index (χ1v) is 5.97. The molecular weight excluding hydrogens is 232 g/mol. The molecule has 6 nitrogen and oxygen atoms in total. The fourth-order valence-corrected chi connectivity index (χ4v) is 2.14. The summed E-state index contributed by atoms with van der Waals surface area (Å²) in [6, 6.07) is 1.79. The summed E-state index contributed by atoms with van der Waals surface area (Å²) < 4.78 is 0. The van der Waals surface area contributed by atoms with Crippen LogP contribution in [-0.2, 0) is 13.0 Å². The number of aromatic amines is 1. The Labute approximate surface area is 104 Å². The van der Waals surface area contributed by atoms with Crippen molar-refractivity contribution in [2.24, 2.45) is 5.73 Å². The topological polar surface area (TPSA) is 105 Å². The lowest BCUT2D eigenvalue weighted by atomic mass is 9.95. The summed E-state index contributed by atoms with van der Waals surface area (Å²) in [7, 11) is 0. The minimum absolute atomic E-state index is 0.143. The third-order valence-corrected chi connectivity index (χ3v) is 3.01. The number of carbonyl (C=O) groups is 1. The normalized spacial score (nSPS) is 11.0. The molecule has 0 saturated heterocycles. The molecule has 0 bridgehead atoms. The number of nitrogens with zero attached hydrogens (tertiary/aromatic N) is 2. The van der Waals surface area contributed by atoms with Crippen LogP contribution in [0.4, 0.5) is 0 Å². The summed E-state index contributed by atoms with van der Waals surface area (Å²) in [5.41, 5.74) is 8.51.